The van der Waals surface area contributed by atoms with Crippen molar-refractivity contribution in [2.75, 3.05) is 94.6 Å². The van der Waals surface area contributed by atoms with E-state index in [0.717, 1.165) is 52.5 Å². The van der Waals surface area contributed by atoms with Crippen molar-refractivity contribution in [3.05, 3.63) is 120 Å². The zero-order chi connectivity index (χ0) is 53.8. The molecule has 0 aliphatic heterocycles. The van der Waals surface area contributed by atoms with Crippen LogP contribution in [-0.4, -0.2) is 125 Å². The summed E-state index contributed by atoms with van der Waals surface area (Å²) in [6.45, 7) is -3.64. The van der Waals surface area contributed by atoms with Crippen molar-refractivity contribution < 1.29 is 32.0 Å². The summed E-state index contributed by atoms with van der Waals surface area (Å²) in [6.07, 6.45) is 12.0. The number of nitro benzene ring substituents is 1. The van der Waals surface area contributed by atoms with Crippen molar-refractivity contribution in [3.63, 3.8) is 0 Å². The molecule has 0 saturated heterocycles. The highest BCUT2D eigenvalue weighted by Crippen LogP contribution is 2.44. The second-order valence-corrected chi connectivity index (χ2v) is 19.4. The molecule has 8 aromatic rings. The maximum atomic E-state index is 13.4. The molecule has 4 N–H and O–H groups in total. The van der Waals surface area contributed by atoms with Gasteiger partial charge in [0, 0.05) is 128 Å². The third-order valence-corrected chi connectivity index (χ3v) is 13.1. The van der Waals surface area contributed by atoms with Gasteiger partial charge in [0.05, 0.1) is 39.1 Å². The molecule has 0 radical (unpaired) electrons. The Kier molecular flexibility index (Phi) is 15.7. The van der Waals surface area contributed by atoms with Gasteiger partial charge in [0.2, 0.25) is 11.9 Å². The number of nitrogens with one attached hydrogen (secondary N) is 2. The van der Waals surface area contributed by atoms with E-state index in [0.29, 0.717) is 48.8 Å². The quantitative estimate of drug-likeness (QED) is 0.0267. The van der Waals surface area contributed by atoms with Crippen LogP contribution in [0.1, 0.15) is 37.8 Å². The number of ether oxygens (including phenoxy) is 2. The normalized spacial score (nSPS) is 13.4. The molecule has 398 valence electrons. The Morgan fingerprint density at radius 2 is 1.08 bits per heavy atom. The van der Waals surface area contributed by atoms with Crippen molar-refractivity contribution in [1.29, 1.82) is 0 Å². The van der Waals surface area contributed by atoms with Crippen molar-refractivity contribution in [2.45, 2.75) is 51.0 Å². The van der Waals surface area contributed by atoms with Crippen LogP contribution in [0.2, 0.25) is 0 Å². The monoisotopic (exact) mass is 1040 g/mol. The molecule has 2 aliphatic carbocycles. The van der Waals surface area contributed by atoms with Crippen LogP contribution in [0, 0.1) is 10.1 Å². The molecule has 2 fully saturated rings. The van der Waals surface area contributed by atoms with Crippen molar-refractivity contribution >= 4 is 67.8 Å². The molecule has 4 heterocycles. The number of halogens is 4. The average molecular weight is 1050 g/mol. The molecule has 22 heteroatoms. The van der Waals surface area contributed by atoms with Gasteiger partial charge in [-0.05, 0) is 84.2 Å². The summed E-state index contributed by atoms with van der Waals surface area (Å²) in [6, 6.07) is 26.4. The number of benzene rings is 4. The Morgan fingerprint density at radius 1 is 0.645 bits per heavy atom. The molecule has 0 spiro atoms. The number of fused-ring (bicyclic) bond motifs is 2. The van der Waals surface area contributed by atoms with E-state index in [1.54, 1.807) is 36.5 Å². The lowest BCUT2D eigenvalue weighted by Crippen LogP contribution is -2.29. The Balaban J connectivity index is 0.000000186. The number of nitrogens with zero attached hydrogens (tertiary/aromatic N) is 11. The van der Waals surface area contributed by atoms with Gasteiger partial charge in [0.25, 0.3) is 5.69 Å². The van der Waals surface area contributed by atoms with Crippen molar-refractivity contribution in [3.8, 4) is 34.0 Å². The maximum absolute atomic E-state index is 13.4. The first-order chi connectivity index (χ1) is 36.5. The number of aromatic nitrogens is 6. The van der Waals surface area contributed by atoms with Crippen LogP contribution in [0.25, 0.3) is 44.3 Å². The summed E-state index contributed by atoms with van der Waals surface area (Å²) >= 11 is 0. The number of hydrogen-bond donors (Lipinski definition) is 3. The summed E-state index contributed by atoms with van der Waals surface area (Å²) in [5.74, 6) is 0.0720. The predicted octanol–water partition coefficient (Wildman–Crippen LogP) is 11.0. The number of nitrogen functional groups attached to an aromatic ring is 1. The molecule has 0 unspecified atom stereocenters. The lowest BCUT2D eigenvalue weighted by molar-refractivity contribution is -0.384. The summed E-state index contributed by atoms with van der Waals surface area (Å²) in [5.41, 5.74) is 13.0. The fourth-order valence-electron chi connectivity index (χ4n) is 8.96. The zero-order valence-corrected chi connectivity index (χ0v) is 43.0. The molecule has 18 nitrogen and oxygen atoms in total. The highest BCUT2D eigenvalue weighted by atomic mass is 19.3. The topological polar surface area (TPSA) is 186 Å². The van der Waals surface area contributed by atoms with Gasteiger partial charge < -0.3 is 54.6 Å². The van der Waals surface area contributed by atoms with Crippen LogP contribution in [0.4, 0.5) is 63.6 Å². The first-order valence-electron chi connectivity index (χ1n) is 24.8. The largest absolute Gasteiger partial charge is 0.433 e. The molecule has 2 aliphatic rings. The molecule has 2 saturated carbocycles. The molecule has 76 heavy (non-hydrogen) atoms. The Bertz CT molecular complexity index is 3340. The molecule has 0 bridgehead atoms. The standard InChI is InChI=1S/C27H29F2N7O3.C27H31F2N7O/c1-33(2)12-13-34(3)23-15-25(39-26(28)29)21(14-24(23)36(37)38)32-27-30-11-10-20(31-27)19-16-35(17-8-9-17)22-7-5-4-6-18(19)22;1-34(2)12-13-35(3)24-15-25(37-26(28)29)22(14-20(24)30)33-27-31-11-10-21(32-27)19-16-36(17-8-9-17)23-7-5-4-6-18(19)23/h4-7,10-11,14-17,26H,8-9,12-13H2,1-3H3,(H,30,31,32);4-7,10-11,14-17,26H,8-9,12-13,30H2,1-3H3,(H,31,32,33). The van der Waals surface area contributed by atoms with Crippen molar-refractivity contribution in [1.82, 2.24) is 38.9 Å². The smallest absolute Gasteiger partial charge is 0.387 e. The summed E-state index contributed by atoms with van der Waals surface area (Å²) in [5, 5.41) is 20.0. The van der Waals surface area contributed by atoms with E-state index in [-0.39, 0.29) is 46.1 Å². The fraction of sp³-hybridized carbons (Fsp3) is 0.333. The van der Waals surface area contributed by atoms with E-state index in [1.807, 2.05) is 86.3 Å². The molecule has 10 rings (SSSR count). The molecular weight excluding hydrogens is 985 g/mol. The van der Waals surface area contributed by atoms with E-state index in [4.69, 9.17) is 20.2 Å². The van der Waals surface area contributed by atoms with E-state index in [2.05, 4.69) is 65.3 Å². The van der Waals surface area contributed by atoms with Crippen LogP contribution in [0.5, 0.6) is 11.5 Å². The lowest BCUT2D eigenvalue weighted by atomic mass is 10.1. The third-order valence-electron chi connectivity index (χ3n) is 13.1. The van der Waals surface area contributed by atoms with Gasteiger partial charge in [-0.15, -0.1) is 0 Å². The van der Waals surface area contributed by atoms with Gasteiger partial charge in [-0.1, -0.05) is 36.4 Å². The number of alkyl halides is 4. The van der Waals surface area contributed by atoms with Crippen LogP contribution < -0.4 is 35.6 Å². The van der Waals surface area contributed by atoms with Gasteiger partial charge >= 0.3 is 13.2 Å². The minimum Gasteiger partial charge on any atom is -0.433 e. The summed E-state index contributed by atoms with van der Waals surface area (Å²) in [7, 11) is 11.2. The van der Waals surface area contributed by atoms with E-state index in [9.17, 15) is 27.7 Å². The van der Waals surface area contributed by atoms with Gasteiger partial charge in [-0.3, -0.25) is 10.1 Å². The summed E-state index contributed by atoms with van der Waals surface area (Å²) in [4.78, 5) is 36.8. The second-order valence-electron chi connectivity index (χ2n) is 19.4. The molecule has 0 atom stereocenters. The van der Waals surface area contributed by atoms with Crippen LogP contribution in [0.3, 0.4) is 0 Å². The number of hydrogen-bond acceptors (Lipinski definition) is 15. The van der Waals surface area contributed by atoms with E-state index in [1.165, 1.54) is 36.6 Å². The first kappa shape index (κ1) is 52.6. The average Bonchev–Trinajstić information content (AvgIpc) is 4.36. The number of nitro groups is 1. The molecular formula is C54H60F4N14O4. The third kappa shape index (κ3) is 12.3. The SMILES string of the molecule is CN(C)CCN(C)c1cc(OC(F)F)c(Nc2nccc(-c3cn(C4CC4)c4ccccc34)n2)cc1N.CN(C)CCN(C)c1cc(OC(F)F)c(Nc2nccc(-c3cn(C4CC4)c4ccccc34)n2)cc1[N+](=O)[O-]. The van der Waals surface area contributed by atoms with Crippen LogP contribution in [0.15, 0.2) is 110 Å². The number of anilines is 7. The minimum absolute atomic E-state index is 0.0322. The molecule has 0 amide bonds. The van der Waals surface area contributed by atoms with Gasteiger partial charge in [-0.2, -0.15) is 17.6 Å². The van der Waals surface area contributed by atoms with E-state index >= 15 is 0 Å². The number of rotatable bonds is 21. The highest BCUT2D eigenvalue weighted by molar-refractivity contribution is 5.96. The Morgan fingerprint density at radius 3 is 1.51 bits per heavy atom. The van der Waals surface area contributed by atoms with Crippen molar-refractivity contribution in [2.24, 2.45) is 0 Å². The number of likely N-dealkylation sites (N-methyl/N-ethyl adjacent to an activating group) is 4. The van der Waals surface area contributed by atoms with Gasteiger partial charge in [-0.25, -0.2) is 19.9 Å². The number of nitrogens with two attached hydrogens (primary N) is 1. The maximum Gasteiger partial charge on any atom is 0.387 e. The first-order valence-corrected chi connectivity index (χ1v) is 24.8. The fourth-order valence-corrected chi connectivity index (χ4v) is 8.96. The number of para-hydroxylation sites is 2. The lowest BCUT2D eigenvalue weighted by Gasteiger charge is -2.24. The summed E-state index contributed by atoms with van der Waals surface area (Å²) < 4.78 is 67.5. The van der Waals surface area contributed by atoms with Gasteiger partial charge in [0.15, 0.2) is 11.5 Å². The minimum atomic E-state index is -3.13. The Labute approximate surface area is 436 Å². The molecule has 4 aromatic heterocycles. The van der Waals surface area contributed by atoms with Gasteiger partial charge in [0.1, 0.15) is 5.69 Å². The highest BCUT2D eigenvalue weighted by Gasteiger charge is 2.29. The zero-order valence-electron chi connectivity index (χ0n) is 43.0. The Hall–Kier alpha value is -8.24. The van der Waals surface area contributed by atoms with E-state index < -0.39 is 18.1 Å². The van der Waals surface area contributed by atoms with Crippen LogP contribution in [-0.2, 0) is 0 Å². The van der Waals surface area contributed by atoms with Crippen LogP contribution >= 0.6 is 0 Å². The second kappa shape index (κ2) is 22.7. The predicted molar refractivity (Wildman–Crippen MR) is 290 cm³/mol. The molecule has 4 aromatic carbocycles.